The number of hydrogen-bond acceptors (Lipinski definition) is 6. The zero-order chi connectivity index (χ0) is 19.6. The van der Waals surface area contributed by atoms with Gasteiger partial charge in [-0.25, -0.2) is 0 Å². The molecule has 2 unspecified atom stereocenters. The van der Waals surface area contributed by atoms with Gasteiger partial charge in [-0.3, -0.25) is 4.79 Å². The number of hydrogen-bond donors (Lipinski definition) is 2. The summed E-state index contributed by atoms with van der Waals surface area (Å²) in [5.41, 5.74) is 10.4. The average Bonchev–Trinajstić information content (AvgIpc) is 2.50. The summed E-state index contributed by atoms with van der Waals surface area (Å²) < 4.78 is 17.8. The third-order valence-corrected chi connectivity index (χ3v) is 5.88. The smallest absolute Gasteiger partial charge is 0.313 e. The average molecular weight is 371 g/mol. The molecule has 0 radical (unpaired) electrons. The van der Waals surface area contributed by atoms with Crippen molar-refractivity contribution in [1.82, 2.24) is 0 Å². The van der Waals surface area contributed by atoms with Crippen LogP contribution in [0.2, 0.25) is 0 Å². The van der Waals surface area contributed by atoms with Crippen LogP contribution in [0.15, 0.2) is 0 Å². The Morgan fingerprint density at radius 3 is 2.27 bits per heavy atom. The first-order valence-electron chi connectivity index (χ1n) is 9.94. The summed E-state index contributed by atoms with van der Waals surface area (Å²) in [4.78, 5) is 13.0. The lowest BCUT2D eigenvalue weighted by atomic mass is 9.67. The maximum atomic E-state index is 13.0. The van der Waals surface area contributed by atoms with Gasteiger partial charge in [-0.15, -0.1) is 0 Å². The number of ether oxygens (including phenoxy) is 3. The van der Waals surface area contributed by atoms with Gasteiger partial charge in [0.05, 0.1) is 18.1 Å². The Morgan fingerprint density at radius 2 is 1.73 bits per heavy atom. The summed E-state index contributed by atoms with van der Waals surface area (Å²) in [5, 5.41) is 0. The molecule has 1 heterocycles. The van der Waals surface area contributed by atoms with E-state index in [1.807, 2.05) is 34.6 Å². The van der Waals surface area contributed by atoms with Crippen molar-refractivity contribution in [3.8, 4) is 0 Å². The molecule has 6 heteroatoms. The van der Waals surface area contributed by atoms with Crippen molar-refractivity contribution in [2.24, 2.45) is 16.9 Å². The van der Waals surface area contributed by atoms with Crippen LogP contribution in [0.1, 0.15) is 79.6 Å². The molecule has 2 fully saturated rings. The second kappa shape index (κ2) is 7.74. The van der Waals surface area contributed by atoms with Gasteiger partial charge >= 0.3 is 5.97 Å². The van der Waals surface area contributed by atoms with Crippen LogP contribution in [0, 0.1) is 5.41 Å². The Balaban J connectivity index is 1.99. The van der Waals surface area contributed by atoms with Gasteiger partial charge in [-0.1, -0.05) is 6.42 Å². The first kappa shape index (κ1) is 21.6. The maximum absolute atomic E-state index is 13.0. The molecule has 1 spiro atoms. The third-order valence-electron chi connectivity index (χ3n) is 5.88. The molecule has 0 aromatic heterocycles. The first-order valence-corrected chi connectivity index (χ1v) is 9.94. The Morgan fingerprint density at radius 1 is 1.12 bits per heavy atom. The molecule has 1 aliphatic carbocycles. The van der Waals surface area contributed by atoms with Gasteiger partial charge in [0.25, 0.3) is 0 Å². The van der Waals surface area contributed by atoms with E-state index in [1.165, 1.54) is 6.42 Å². The molecule has 0 aromatic carbocycles. The highest BCUT2D eigenvalue weighted by atomic mass is 16.7. The lowest BCUT2D eigenvalue weighted by molar-refractivity contribution is -0.310. The molecule has 1 saturated heterocycles. The van der Waals surface area contributed by atoms with Crippen LogP contribution in [0.5, 0.6) is 0 Å². The molecule has 2 atom stereocenters. The van der Waals surface area contributed by atoms with Crippen molar-refractivity contribution in [1.29, 1.82) is 0 Å². The van der Waals surface area contributed by atoms with Crippen LogP contribution in [-0.4, -0.2) is 42.2 Å². The molecular formula is C20H38N2O4. The Hall–Kier alpha value is -0.690. The minimum absolute atomic E-state index is 0.123. The monoisotopic (exact) mass is 370 g/mol. The number of carbonyl (C=O) groups excluding carboxylic acids is 1. The number of nitrogens with two attached hydrogens (primary N) is 2. The van der Waals surface area contributed by atoms with Crippen molar-refractivity contribution in [2.45, 2.75) is 103 Å². The Bertz CT molecular complexity index is 484. The summed E-state index contributed by atoms with van der Waals surface area (Å²) in [6.45, 7) is 10.2. The second-order valence-corrected chi connectivity index (χ2v) is 9.67. The summed E-state index contributed by atoms with van der Waals surface area (Å²) >= 11 is 0. The summed E-state index contributed by atoms with van der Waals surface area (Å²) in [5.74, 6) is -0.778. The van der Waals surface area contributed by atoms with Gasteiger partial charge in [0.15, 0.2) is 5.79 Å². The highest BCUT2D eigenvalue weighted by molar-refractivity contribution is 5.78. The lowest BCUT2D eigenvalue weighted by Crippen LogP contribution is -2.58. The number of esters is 1. The van der Waals surface area contributed by atoms with Crippen LogP contribution in [0.4, 0.5) is 0 Å². The fraction of sp³-hybridized carbons (Fsp3) is 0.950. The van der Waals surface area contributed by atoms with Crippen LogP contribution in [0.25, 0.3) is 0 Å². The van der Waals surface area contributed by atoms with E-state index in [4.69, 9.17) is 25.7 Å². The molecule has 2 rings (SSSR count). The van der Waals surface area contributed by atoms with Crippen molar-refractivity contribution in [2.75, 3.05) is 13.2 Å². The zero-order valence-corrected chi connectivity index (χ0v) is 17.2. The topological polar surface area (TPSA) is 96.8 Å². The third kappa shape index (κ3) is 5.18. The summed E-state index contributed by atoms with van der Waals surface area (Å²) in [7, 11) is 0. The van der Waals surface area contributed by atoms with E-state index in [0.717, 1.165) is 32.1 Å². The van der Waals surface area contributed by atoms with Gasteiger partial charge in [0.1, 0.15) is 6.61 Å². The van der Waals surface area contributed by atoms with Crippen LogP contribution < -0.4 is 11.5 Å². The Kier molecular flexibility index (Phi) is 6.43. The predicted molar refractivity (Wildman–Crippen MR) is 101 cm³/mol. The summed E-state index contributed by atoms with van der Waals surface area (Å²) in [6.07, 6.45) is 6.38. The van der Waals surface area contributed by atoms with Gasteiger partial charge in [0, 0.05) is 30.3 Å². The molecule has 26 heavy (non-hydrogen) atoms. The fourth-order valence-electron chi connectivity index (χ4n) is 4.05. The van der Waals surface area contributed by atoms with E-state index in [-0.39, 0.29) is 18.7 Å². The molecule has 6 nitrogen and oxygen atoms in total. The van der Waals surface area contributed by atoms with Crippen molar-refractivity contribution < 1.29 is 19.0 Å². The highest BCUT2D eigenvalue weighted by Gasteiger charge is 2.49. The zero-order valence-electron chi connectivity index (χ0n) is 17.2. The van der Waals surface area contributed by atoms with E-state index in [0.29, 0.717) is 13.0 Å². The Labute approximate surface area is 158 Å². The predicted octanol–water partition coefficient (Wildman–Crippen LogP) is 2.87. The highest BCUT2D eigenvalue weighted by Crippen LogP contribution is 2.39. The van der Waals surface area contributed by atoms with Gasteiger partial charge in [-0.05, 0) is 53.9 Å². The quantitative estimate of drug-likeness (QED) is 0.698. The largest absolute Gasteiger partial charge is 0.462 e. The molecule has 1 aliphatic heterocycles. The first-order chi connectivity index (χ1) is 11.9. The van der Waals surface area contributed by atoms with Gasteiger partial charge < -0.3 is 25.7 Å². The summed E-state index contributed by atoms with van der Waals surface area (Å²) in [6, 6.07) is 0. The van der Waals surface area contributed by atoms with E-state index in [2.05, 4.69) is 0 Å². The standard InChI is InChI=1S/C20H38N2O4/c1-17(2,21)14-19(5,18(3,4)22)16(23)24-13-15-9-12-25-20(26-15)10-7-6-8-11-20/h15H,6-14,21-22H2,1-5H3. The molecule has 0 aromatic rings. The molecule has 2 aliphatic rings. The molecule has 4 N–H and O–H groups in total. The van der Waals surface area contributed by atoms with E-state index in [1.54, 1.807) is 0 Å². The molecule has 152 valence electrons. The normalized spacial score (nSPS) is 26.3. The minimum atomic E-state index is -0.876. The molecular weight excluding hydrogens is 332 g/mol. The van der Waals surface area contributed by atoms with Crippen molar-refractivity contribution >= 4 is 5.97 Å². The second-order valence-electron chi connectivity index (χ2n) is 9.67. The van der Waals surface area contributed by atoms with E-state index in [9.17, 15) is 4.79 Å². The van der Waals surface area contributed by atoms with Crippen LogP contribution in [-0.2, 0) is 19.0 Å². The van der Waals surface area contributed by atoms with E-state index >= 15 is 0 Å². The van der Waals surface area contributed by atoms with E-state index < -0.39 is 22.3 Å². The molecule has 0 bridgehead atoms. The van der Waals surface area contributed by atoms with Gasteiger partial charge in [-0.2, -0.15) is 0 Å². The number of carbonyl (C=O) groups is 1. The fourth-order valence-corrected chi connectivity index (χ4v) is 4.05. The minimum Gasteiger partial charge on any atom is -0.462 e. The number of rotatable bonds is 6. The van der Waals surface area contributed by atoms with Crippen LogP contribution >= 0.6 is 0 Å². The van der Waals surface area contributed by atoms with Crippen molar-refractivity contribution in [3.05, 3.63) is 0 Å². The van der Waals surface area contributed by atoms with Crippen molar-refractivity contribution in [3.63, 3.8) is 0 Å². The molecule has 0 amide bonds. The SMILES string of the molecule is CC(C)(N)CC(C)(C(=O)OCC1CCOC2(CCCCC2)O1)C(C)(C)N. The van der Waals surface area contributed by atoms with Gasteiger partial charge in [0.2, 0.25) is 0 Å². The molecule has 1 saturated carbocycles. The van der Waals surface area contributed by atoms with Crippen LogP contribution in [0.3, 0.4) is 0 Å². The maximum Gasteiger partial charge on any atom is 0.313 e. The lowest BCUT2D eigenvalue weighted by Gasteiger charge is -2.44.